The van der Waals surface area contributed by atoms with Crippen molar-refractivity contribution in [3.8, 4) is 5.88 Å². The molecule has 0 aliphatic heterocycles. The van der Waals surface area contributed by atoms with Gasteiger partial charge in [-0.05, 0) is 26.3 Å². The predicted octanol–water partition coefficient (Wildman–Crippen LogP) is 2.98. The lowest BCUT2D eigenvalue weighted by Crippen LogP contribution is -2.13. The lowest BCUT2D eigenvalue weighted by atomic mass is 10.1. The maximum absolute atomic E-state index is 8.65. The van der Waals surface area contributed by atoms with E-state index in [1.165, 1.54) is 0 Å². The molecule has 1 aromatic heterocycles. The molecule has 0 bridgehead atoms. The number of aromatic nitrogens is 2. The van der Waals surface area contributed by atoms with Gasteiger partial charge < -0.3 is 15.7 Å². The molecule has 2 aromatic rings. The molecule has 1 heterocycles. The zero-order valence-corrected chi connectivity index (χ0v) is 13.3. The first-order valence-electron chi connectivity index (χ1n) is 6.67. The summed E-state index contributed by atoms with van der Waals surface area (Å²) in [5.74, 6) is 1.02. The number of ether oxygens (including phenoxy) is 1. The minimum Gasteiger partial charge on any atom is -0.469 e. The van der Waals surface area contributed by atoms with Gasteiger partial charge in [-0.25, -0.2) is 4.98 Å². The predicted molar refractivity (Wildman–Crippen MR) is 84.5 cm³/mol. The van der Waals surface area contributed by atoms with Gasteiger partial charge in [-0.15, -0.1) is 0 Å². The maximum Gasteiger partial charge on any atom is 0.236 e. The highest BCUT2D eigenvalue weighted by Gasteiger charge is 2.14. The molecule has 0 saturated carbocycles. The summed E-state index contributed by atoms with van der Waals surface area (Å²) in [6, 6.07) is 7.18. The molecule has 1 atom stereocenters. The van der Waals surface area contributed by atoms with Gasteiger partial charge in [-0.2, -0.15) is 4.98 Å². The van der Waals surface area contributed by atoms with E-state index in [1.54, 1.807) is 26.0 Å². The fraction of sp³-hybridized carbons (Fsp3) is 0.267. The number of amidine groups is 1. The molecule has 0 saturated heterocycles. The Morgan fingerprint density at radius 3 is 2.50 bits per heavy atom. The van der Waals surface area contributed by atoms with Gasteiger partial charge in [0.1, 0.15) is 17.0 Å². The average Bonchev–Trinajstić information content (AvgIpc) is 2.51. The largest absolute Gasteiger partial charge is 0.469 e. The van der Waals surface area contributed by atoms with Gasteiger partial charge >= 0.3 is 0 Å². The second-order valence-corrected chi connectivity index (χ2v) is 5.22. The number of oxime groups is 1. The second kappa shape index (κ2) is 6.62. The first-order valence-corrected chi connectivity index (χ1v) is 7.05. The smallest absolute Gasteiger partial charge is 0.236 e. The highest BCUT2D eigenvalue weighted by molar-refractivity contribution is 6.32. The van der Waals surface area contributed by atoms with Crippen LogP contribution in [0.1, 0.15) is 35.7 Å². The molecule has 0 aliphatic carbocycles. The number of hydrogen-bond donors (Lipinski definition) is 2. The van der Waals surface area contributed by atoms with Crippen molar-refractivity contribution in [2.75, 3.05) is 0 Å². The molecular formula is C15H17ClN4O2. The maximum atomic E-state index is 8.65. The van der Waals surface area contributed by atoms with E-state index in [9.17, 15) is 0 Å². The highest BCUT2D eigenvalue weighted by Crippen LogP contribution is 2.29. The van der Waals surface area contributed by atoms with E-state index in [0.29, 0.717) is 28.0 Å². The lowest BCUT2D eigenvalue weighted by molar-refractivity contribution is 0.216. The van der Waals surface area contributed by atoms with Gasteiger partial charge in [0, 0.05) is 5.56 Å². The highest BCUT2D eigenvalue weighted by atomic mass is 35.5. The van der Waals surface area contributed by atoms with Crippen LogP contribution in [0.5, 0.6) is 5.88 Å². The fourth-order valence-corrected chi connectivity index (χ4v) is 2.09. The Kier molecular flexibility index (Phi) is 4.82. The van der Waals surface area contributed by atoms with Gasteiger partial charge in [0.2, 0.25) is 5.88 Å². The number of nitrogens with two attached hydrogens (primary N) is 1. The van der Waals surface area contributed by atoms with E-state index < -0.39 is 0 Å². The van der Waals surface area contributed by atoms with E-state index in [2.05, 4.69) is 15.1 Å². The van der Waals surface area contributed by atoms with Gasteiger partial charge in [0.05, 0.1) is 5.69 Å². The number of nitrogens with zero attached hydrogens (tertiary/aromatic N) is 3. The summed E-state index contributed by atoms with van der Waals surface area (Å²) < 4.78 is 5.83. The van der Waals surface area contributed by atoms with E-state index in [0.717, 1.165) is 5.56 Å². The molecule has 0 radical (unpaired) electrons. The zero-order valence-electron chi connectivity index (χ0n) is 12.5. The summed E-state index contributed by atoms with van der Waals surface area (Å²) >= 11 is 6.17. The molecule has 0 aliphatic rings. The average molecular weight is 321 g/mol. The molecule has 0 fully saturated rings. The number of hydrogen-bond acceptors (Lipinski definition) is 5. The Labute approximate surface area is 133 Å². The summed E-state index contributed by atoms with van der Waals surface area (Å²) in [7, 11) is 0. The minimum absolute atomic E-state index is 0.0604. The van der Waals surface area contributed by atoms with Crippen LogP contribution in [0, 0.1) is 13.8 Å². The topological polar surface area (TPSA) is 93.6 Å². The van der Waals surface area contributed by atoms with Crippen LogP contribution >= 0.6 is 11.6 Å². The van der Waals surface area contributed by atoms with E-state index in [1.807, 2.05) is 19.1 Å². The van der Waals surface area contributed by atoms with Crippen LogP contribution in [0.15, 0.2) is 29.4 Å². The normalized spacial score (nSPS) is 13.0. The van der Waals surface area contributed by atoms with E-state index in [-0.39, 0.29) is 11.9 Å². The van der Waals surface area contributed by atoms with Crippen LogP contribution in [-0.4, -0.2) is 21.0 Å². The standard InChI is InChI=1S/C15H17ClN4O2/c1-8-13(16)15(19-10(3)18-8)22-9(2)11-4-6-12(7-5-11)14(17)20-21/h4-7,9,21H,1-3H3,(H2,17,20)/t9-/m0/s1. The molecular weight excluding hydrogens is 304 g/mol. The number of aryl methyl sites for hydroxylation is 2. The zero-order chi connectivity index (χ0) is 16.3. The van der Waals surface area contributed by atoms with E-state index in [4.69, 9.17) is 27.3 Å². The van der Waals surface area contributed by atoms with Crippen LogP contribution < -0.4 is 10.5 Å². The molecule has 116 valence electrons. The summed E-state index contributed by atoms with van der Waals surface area (Å²) in [4.78, 5) is 8.40. The van der Waals surface area contributed by atoms with Crippen molar-refractivity contribution < 1.29 is 9.94 Å². The summed E-state index contributed by atoms with van der Waals surface area (Å²) in [5, 5.41) is 12.0. The Balaban J connectivity index is 2.21. The minimum atomic E-state index is -0.257. The molecule has 1 aromatic carbocycles. The van der Waals surface area contributed by atoms with Crippen molar-refractivity contribution in [3.63, 3.8) is 0 Å². The summed E-state index contributed by atoms with van der Waals surface area (Å²) in [6.45, 7) is 5.48. The molecule has 0 amide bonds. The van der Waals surface area contributed by atoms with Gasteiger partial charge in [0.25, 0.3) is 0 Å². The van der Waals surface area contributed by atoms with Crippen molar-refractivity contribution in [1.29, 1.82) is 0 Å². The van der Waals surface area contributed by atoms with Crippen molar-refractivity contribution >= 4 is 17.4 Å². The van der Waals surface area contributed by atoms with E-state index >= 15 is 0 Å². The summed E-state index contributed by atoms with van der Waals surface area (Å²) in [6.07, 6.45) is -0.257. The van der Waals surface area contributed by atoms with Gasteiger partial charge in [-0.1, -0.05) is 41.0 Å². The Bertz CT molecular complexity index is 701. The first-order chi connectivity index (χ1) is 10.4. The molecule has 22 heavy (non-hydrogen) atoms. The van der Waals surface area contributed by atoms with Crippen LogP contribution in [0.3, 0.4) is 0 Å². The SMILES string of the molecule is Cc1nc(C)c(Cl)c(O[C@@H](C)c2ccc(C(N)=NO)cc2)n1. The van der Waals surface area contributed by atoms with Crippen molar-refractivity contribution in [1.82, 2.24) is 9.97 Å². The van der Waals surface area contributed by atoms with Crippen LogP contribution in [0.25, 0.3) is 0 Å². The van der Waals surface area contributed by atoms with Crippen LogP contribution in [-0.2, 0) is 0 Å². The molecule has 0 unspecified atom stereocenters. The number of rotatable bonds is 4. The van der Waals surface area contributed by atoms with Crippen molar-refractivity contribution in [3.05, 3.63) is 51.9 Å². The molecule has 3 N–H and O–H groups in total. The number of benzene rings is 1. The number of halogens is 1. The van der Waals surface area contributed by atoms with Gasteiger partial charge in [-0.3, -0.25) is 0 Å². The second-order valence-electron chi connectivity index (χ2n) is 4.84. The Hall–Kier alpha value is -2.34. The monoisotopic (exact) mass is 320 g/mol. The van der Waals surface area contributed by atoms with Crippen LogP contribution in [0.2, 0.25) is 5.02 Å². The third-order valence-corrected chi connectivity index (χ3v) is 3.61. The van der Waals surface area contributed by atoms with Crippen molar-refractivity contribution in [2.24, 2.45) is 10.9 Å². The Morgan fingerprint density at radius 1 is 1.27 bits per heavy atom. The third-order valence-electron chi connectivity index (χ3n) is 3.17. The van der Waals surface area contributed by atoms with Crippen molar-refractivity contribution in [2.45, 2.75) is 26.9 Å². The molecule has 0 spiro atoms. The molecule has 2 rings (SSSR count). The molecule has 6 nitrogen and oxygen atoms in total. The summed E-state index contributed by atoms with van der Waals surface area (Å²) in [5.41, 5.74) is 7.76. The van der Waals surface area contributed by atoms with Gasteiger partial charge in [0.15, 0.2) is 5.84 Å². The van der Waals surface area contributed by atoms with Crippen LogP contribution in [0.4, 0.5) is 0 Å². The first kappa shape index (κ1) is 16.0. The lowest BCUT2D eigenvalue weighted by Gasteiger charge is -2.16. The Morgan fingerprint density at radius 2 is 1.91 bits per heavy atom. The third kappa shape index (κ3) is 3.46. The molecule has 7 heteroatoms. The quantitative estimate of drug-likeness (QED) is 0.391. The fourth-order valence-electron chi connectivity index (χ4n) is 1.96.